The molecule has 0 radical (unpaired) electrons. The van der Waals surface area contributed by atoms with E-state index in [4.69, 9.17) is 25.1 Å². The Morgan fingerprint density at radius 2 is 1.88 bits per heavy atom. The lowest BCUT2D eigenvalue weighted by atomic mass is 10.0. The van der Waals surface area contributed by atoms with Crippen LogP contribution in [0.1, 0.15) is 70.6 Å². The quantitative estimate of drug-likeness (QED) is 0.117. The topological polar surface area (TPSA) is 183 Å². The molecular weight excluding hydrogens is 700 g/mol. The van der Waals surface area contributed by atoms with E-state index in [1.165, 1.54) is 22.6 Å². The molecule has 13 nitrogen and oxygen atoms in total. The molecule has 2 saturated carbocycles. The molecule has 1 aliphatic heterocycles. The molecule has 2 heterocycles. The number of unbranched alkanes of at least 4 members (excludes halogenated alkanes) is 3. The molecule has 49 heavy (non-hydrogen) atoms. The maximum atomic E-state index is 14.1. The minimum Gasteiger partial charge on any atom is -0.495 e. The minimum atomic E-state index is -1.36. The summed E-state index contributed by atoms with van der Waals surface area (Å²) in [5.41, 5.74) is 6.27. The third kappa shape index (κ3) is 8.95. The lowest BCUT2D eigenvalue weighted by molar-refractivity contribution is -0.139. The number of ether oxygens (including phenoxy) is 3. The molecule has 1 saturated heterocycles. The summed E-state index contributed by atoms with van der Waals surface area (Å²) in [4.78, 5) is 52.4. The number of likely N-dealkylation sites (tertiary alicyclic amines) is 1. The highest BCUT2D eigenvalue weighted by atomic mass is 79.9. The number of carbonyl (C=O) groups excluding carboxylic acids is 2. The first-order valence-corrected chi connectivity index (χ1v) is 17.9. The number of fused-ring (bicyclic) bond motifs is 1. The van der Waals surface area contributed by atoms with E-state index in [1.54, 1.807) is 19.2 Å². The third-order valence-corrected chi connectivity index (χ3v) is 10.6. The smallest absolute Gasteiger partial charge is 0.408 e. The number of hydrogen-bond acceptors (Lipinski definition) is 9. The van der Waals surface area contributed by atoms with Crippen molar-refractivity contribution in [1.29, 1.82) is 0 Å². The van der Waals surface area contributed by atoms with Crippen molar-refractivity contribution < 1.29 is 38.8 Å². The van der Waals surface area contributed by atoms with Crippen molar-refractivity contribution >= 4 is 44.8 Å². The predicted octanol–water partition coefficient (Wildman–Crippen LogP) is 4.20. The summed E-state index contributed by atoms with van der Waals surface area (Å²) < 4.78 is 19.5. The van der Waals surface area contributed by atoms with Crippen LogP contribution >= 0.6 is 15.9 Å². The van der Waals surface area contributed by atoms with E-state index < -0.39 is 42.4 Å². The number of rotatable bonds is 15. The first-order chi connectivity index (χ1) is 23.5. The Balaban J connectivity index is 1.26. The summed E-state index contributed by atoms with van der Waals surface area (Å²) in [6.07, 6.45) is 9.15. The van der Waals surface area contributed by atoms with Crippen LogP contribution in [0.25, 0.3) is 10.9 Å². The molecule has 2 aliphatic carbocycles. The van der Waals surface area contributed by atoms with Crippen molar-refractivity contribution in [2.24, 2.45) is 24.6 Å². The molecule has 14 heteroatoms. The summed E-state index contributed by atoms with van der Waals surface area (Å²) in [5, 5.41) is 23.1. The number of nitrogens with one attached hydrogen (secondary N) is 1. The SMILES string of the molecule is COc1ccc2c(O[C@@H]3CC(C(N)O)N(C(=O)C(CCCCC/C=C\C4CC4C(=O)O)NC(=O)OC4CCCC4)C3)cc(=O)n(C)c2c1Br. The lowest BCUT2D eigenvalue weighted by Gasteiger charge is -2.30. The molecule has 2 amide bonds. The van der Waals surface area contributed by atoms with Crippen LogP contribution in [0.15, 0.2) is 39.6 Å². The second kappa shape index (κ2) is 16.4. The van der Waals surface area contributed by atoms with Crippen LogP contribution in [0.2, 0.25) is 0 Å². The standard InChI is InChI=1S/C35H47BrN4O9/c1-39-29(41)18-28(23-14-15-27(47-2)30(36)31(23)39)48-22-17-26(32(37)42)40(19-22)33(43)25(38-35(46)49-21-11-8-9-12-21)13-7-5-3-4-6-10-20-16-24(20)34(44)45/h6,10,14-15,18,20-22,24-26,32,42H,3-5,7-9,11-13,16-17,19,37H2,1-2H3,(H,38,46)(H,44,45)/b10-6-/t20?,22-,24?,25?,26?,32?/m1/s1. The molecule has 5 rings (SSSR count). The van der Waals surface area contributed by atoms with Gasteiger partial charge in [-0.1, -0.05) is 25.0 Å². The zero-order chi connectivity index (χ0) is 35.2. The van der Waals surface area contributed by atoms with Gasteiger partial charge in [0.2, 0.25) is 5.91 Å². The van der Waals surface area contributed by atoms with Crippen molar-refractivity contribution in [2.45, 2.75) is 101 Å². The number of aliphatic hydroxyl groups excluding tert-OH is 1. The molecule has 1 aromatic carbocycles. The van der Waals surface area contributed by atoms with Crippen LogP contribution in [-0.2, 0) is 21.4 Å². The molecule has 2 aromatic rings. The van der Waals surface area contributed by atoms with E-state index in [-0.39, 0.29) is 36.5 Å². The fourth-order valence-electron chi connectivity index (χ4n) is 6.95. The molecule has 5 unspecified atom stereocenters. The van der Waals surface area contributed by atoms with Crippen LogP contribution in [0.3, 0.4) is 0 Å². The number of carbonyl (C=O) groups is 3. The minimum absolute atomic E-state index is 0.0882. The van der Waals surface area contributed by atoms with Crippen LogP contribution in [-0.4, -0.2) is 81.8 Å². The van der Waals surface area contributed by atoms with Gasteiger partial charge in [-0.3, -0.25) is 14.4 Å². The summed E-state index contributed by atoms with van der Waals surface area (Å²) in [5.74, 6) is -0.413. The fourth-order valence-corrected chi connectivity index (χ4v) is 7.73. The fraction of sp³-hybridized carbons (Fsp3) is 0.600. The zero-order valence-electron chi connectivity index (χ0n) is 28.0. The number of halogens is 1. The molecule has 3 fully saturated rings. The van der Waals surface area contributed by atoms with Gasteiger partial charge in [-0.25, -0.2) is 4.79 Å². The average Bonchev–Trinajstić information content (AvgIpc) is 3.43. The number of aliphatic carboxylic acids is 1. The second-order valence-electron chi connectivity index (χ2n) is 13.3. The molecule has 6 atom stereocenters. The van der Waals surface area contributed by atoms with Crippen molar-refractivity contribution in [1.82, 2.24) is 14.8 Å². The first-order valence-electron chi connectivity index (χ1n) is 17.1. The van der Waals surface area contributed by atoms with Crippen molar-refractivity contribution in [3.63, 3.8) is 0 Å². The summed E-state index contributed by atoms with van der Waals surface area (Å²) in [7, 11) is 3.19. The molecular formula is C35H47BrN4O9. The number of amides is 2. The van der Waals surface area contributed by atoms with Crippen LogP contribution in [0, 0.1) is 11.8 Å². The Labute approximate surface area is 293 Å². The van der Waals surface area contributed by atoms with E-state index in [2.05, 4.69) is 21.2 Å². The predicted molar refractivity (Wildman–Crippen MR) is 185 cm³/mol. The number of alkyl carbamates (subject to hydrolysis) is 1. The van der Waals surface area contributed by atoms with Crippen LogP contribution in [0.5, 0.6) is 11.5 Å². The van der Waals surface area contributed by atoms with Crippen molar-refractivity contribution in [2.75, 3.05) is 13.7 Å². The Hall–Kier alpha value is -3.62. The van der Waals surface area contributed by atoms with E-state index in [0.29, 0.717) is 46.1 Å². The highest BCUT2D eigenvalue weighted by Crippen LogP contribution is 2.40. The number of hydrogen-bond donors (Lipinski definition) is 4. The van der Waals surface area contributed by atoms with Crippen LogP contribution in [0.4, 0.5) is 4.79 Å². The Kier molecular flexibility index (Phi) is 12.3. The van der Waals surface area contributed by atoms with Gasteiger partial charge in [-0.2, -0.15) is 0 Å². The first kappa shape index (κ1) is 36.7. The van der Waals surface area contributed by atoms with Gasteiger partial charge >= 0.3 is 12.1 Å². The van der Waals surface area contributed by atoms with Gasteiger partial charge in [0.25, 0.3) is 5.56 Å². The Morgan fingerprint density at radius 3 is 2.55 bits per heavy atom. The molecule has 1 aromatic heterocycles. The van der Waals surface area contributed by atoms with Gasteiger partial charge in [0.1, 0.15) is 36.0 Å². The van der Waals surface area contributed by atoms with E-state index in [9.17, 15) is 24.3 Å². The lowest BCUT2D eigenvalue weighted by Crippen LogP contribution is -2.54. The van der Waals surface area contributed by atoms with Gasteiger partial charge in [0, 0.05) is 24.9 Å². The number of pyridine rings is 1. The van der Waals surface area contributed by atoms with Crippen molar-refractivity contribution in [3.8, 4) is 11.5 Å². The van der Waals surface area contributed by atoms with Gasteiger partial charge < -0.3 is 44.9 Å². The van der Waals surface area contributed by atoms with Gasteiger partial charge in [0.15, 0.2) is 0 Å². The molecule has 5 N–H and O–H groups in total. The summed E-state index contributed by atoms with van der Waals surface area (Å²) in [6.45, 7) is 0.0882. The van der Waals surface area contributed by atoms with Crippen molar-refractivity contribution in [3.05, 3.63) is 45.2 Å². The van der Waals surface area contributed by atoms with Crippen LogP contribution < -0.4 is 26.1 Å². The number of methoxy groups -OCH3 is 1. The number of benzene rings is 1. The summed E-state index contributed by atoms with van der Waals surface area (Å²) in [6, 6.07) is 3.28. The Bertz CT molecular complexity index is 1610. The van der Waals surface area contributed by atoms with Gasteiger partial charge in [-0.05, 0) is 85.3 Å². The molecule has 268 valence electrons. The largest absolute Gasteiger partial charge is 0.495 e. The number of aromatic nitrogens is 1. The zero-order valence-corrected chi connectivity index (χ0v) is 29.6. The number of allylic oxidation sites excluding steroid dienone is 2. The van der Waals surface area contributed by atoms with Gasteiger partial charge in [-0.15, -0.1) is 0 Å². The average molecular weight is 748 g/mol. The number of nitrogens with two attached hydrogens (primary N) is 1. The molecule has 3 aliphatic rings. The number of aliphatic hydroxyl groups is 1. The number of carboxylic acid groups (broad SMARTS) is 1. The maximum absolute atomic E-state index is 14.1. The monoisotopic (exact) mass is 746 g/mol. The normalized spacial score (nSPS) is 23.5. The molecule has 0 bridgehead atoms. The molecule has 0 spiro atoms. The number of aryl methyl sites for hydroxylation is 1. The summed E-state index contributed by atoms with van der Waals surface area (Å²) >= 11 is 3.54. The second-order valence-corrected chi connectivity index (χ2v) is 14.1. The van der Waals surface area contributed by atoms with Gasteiger partial charge in [0.05, 0.1) is 35.6 Å². The van der Waals surface area contributed by atoms with E-state index >= 15 is 0 Å². The third-order valence-electron chi connectivity index (χ3n) is 9.83. The van der Waals surface area contributed by atoms with E-state index in [0.717, 1.165) is 44.9 Å². The maximum Gasteiger partial charge on any atom is 0.408 e. The number of nitrogens with zero attached hydrogens (tertiary/aromatic N) is 2. The highest BCUT2D eigenvalue weighted by molar-refractivity contribution is 9.10. The highest BCUT2D eigenvalue weighted by Gasteiger charge is 2.43. The number of carboxylic acids is 1. The van der Waals surface area contributed by atoms with E-state index in [1.807, 2.05) is 12.2 Å². The Morgan fingerprint density at radius 1 is 1.12 bits per heavy atom.